The Morgan fingerprint density at radius 2 is 1.80 bits per heavy atom. The second-order valence-electron chi connectivity index (χ2n) is 3.01. The Bertz CT molecular complexity index is 358. The summed E-state index contributed by atoms with van der Waals surface area (Å²) in [6.45, 7) is 0.256. The van der Waals surface area contributed by atoms with Crippen LogP contribution in [0.2, 0.25) is 0 Å². The standard InChI is InChI=1S/C10H11NO4/c12-8-3-1-7(2-4-8)6-11-9(13)5-10(14)15/h1-4,12H,5-6H2,(H,11,13)(H,14,15). The number of carbonyl (C=O) groups is 2. The molecular weight excluding hydrogens is 198 g/mol. The van der Waals surface area contributed by atoms with Crippen LogP contribution >= 0.6 is 0 Å². The molecule has 0 atom stereocenters. The van der Waals surface area contributed by atoms with Crippen LogP contribution in [0.5, 0.6) is 5.75 Å². The first-order valence-electron chi connectivity index (χ1n) is 4.34. The van der Waals surface area contributed by atoms with E-state index in [1.807, 2.05) is 0 Å². The zero-order valence-electron chi connectivity index (χ0n) is 7.93. The number of hydrogen-bond donors (Lipinski definition) is 3. The fraction of sp³-hybridized carbons (Fsp3) is 0.200. The summed E-state index contributed by atoms with van der Waals surface area (Å²) in [5, 5.41) is 19.8. The second-order valence-corrected chi connectivity index (χ2v) is 3.01. The van der Waals surface area contributed by atoms with E-state index in [2.05, 4.69) is 5.32 Å². The molecule has 0 bridgehead atoms. The first-order chi connectivity index (χ1) is 7.08. The minimum absolute atomic E-state index is 0.149. The second kappa shape index (κ2) is 4.99. The van der Waals surface area contributed by atoms with E-state index in [1.165, 1.54) is 12.1 Å². The molecule has 5 heteroatoms. The van der Waals surface area contributed by atoms with Crippen LogP contribution < -0.4 is 5.32 Å². The molecule has 5 nitrogen and oxygen atoms in total. The molecule has 0 aromatic heterocycles. The third kappa shape index (κ3) is 4.12. The molecule has 0 unspecified atom stereocenters. The molecule has 0 aliphatic rings. The van der Waals surface area contributed by atoms with Crippen LogP contribution in [0.3, 0.4) is 0 Å². The summed E-state index contributed by atoms with van der Waals surface area (Å²) in [5.41, 5.74) is 0.798. The summed E-state index contributed by atoms with van der Waals surface area (Å²) in [5.74, 6) is -1.54. The molecule has 0 spiro atoms. The van der Waals surface area contributed by atoms with Gasteiger partial charge in [-0.05, 0) is 17.7 Å². The minimum Gasteiger partial charge on any atom is -0.508 e. The van der Waals surface area contributed by atoms with Gasteiger partial charge in [-0.15, -0.1) is 0 Å². The number of rotatable bonds is 4. The van der Waals surface area contributed by atoms with Crippen molar-refractivity contribution in [2.45, 2.75) is 13.0 Å². The maximum atomic E-state index is 11.0. The van der Waals surface area contributed by atoms with Crippen molar-refractivity contribution in [2.24, 2.45) is 0 Å². The lowest BCUT2D eigenvalue weighted by Crippen LogP contribution is -2.24. The quantitative estimate of drug-likeness (QED) is 0.629. The van der Waals surface area contributed by atoms with Crippen LogP contribution in [0.1, 0.15) is 12.0 Å². The van der Waals surface area contributed by atoms with E-state index in [4.69, 9.17) is 10.2 Å². The molecule has 3 N–H and O–H groups in total. The minimum atomic E-state index is -1.15. The monoisotopic (exact) mass is 209 g/mol. The highest BCUT2D eigenvalue weighted by molar-refractivity contribution is 5.93. The van der Waals surface area contributed by atoms with E-state index in [0.29, 0.717) is 0 Å². The number of aromatic hydroxyl groups is 1. The number of aliphatic carboxylic acids is 1. The summed E-state index contributed by atoms with van der Waals surface area (Å²) < 4.78 is 0. The molecule has 1 rings (SSSR count). The van der Waals surface area contributed by atoms with Gasteiger partial charge in [0.05, 0.1) is 0 Å². The molecule has 15 heavy (non-hydrogen) atoms. The number of hydrogen-bond acceptors (Lipinski definition) is 3. The van der Waals surface area contributed by atoms with Gasteiger partial charge in [-0.1, -0.05) is 12.1 Å². The number of nitrogens with one attached hydrogen (secondary N) is 1. The number of phenolic OH excluding ortho intramolecular Hbond substituents is 1. The fourth-order valence-electron chi connectivity index (χ4n) is 1.01. The Morgan fingerprint density at radius 3 is 2.33 bits per heavy atom. The number of phenols is 1. The van der Waals surface area contributed by atoms with E-state index in [0.717, 1.165) is 5.56 Å². The van der Waals surface area contributed by atoms with Gasteiger partial charge >= 0.3 is 5.97 Å². The molecule has 1 aromatic rings. The molecule has 0 radical (unpaired) electrons. The highest BCUT2D eigenvalue weighted by Crippen LogP contribution is 2.09. The first-order valence-corrected chi connectivity index (χ1v) is 4.34. The van der Waals surface area contributed by atoms with Gasteiger partial charge in [0.2, 0.25) is 5.91 Å². The third-order valence-electron chi connectivity index (χ3n) is 1.74. The summed E-state index contributed by atoms with van der Waals surface area (Å²) >= 11 is 0. The van der Waals surface area contributed by atoms with Crippen LogP contribution in [0, 0.1) is 0 Å². The molecule has 0 saturated heterocycles. The molecular formula is C10H11NO4. The molecule has 1 aromatic carbocycles. The van der Waals surface area contributed by atoms with Crippen molar-refractivity contribution in [3.05, 3.63) is 29.8 Å². The maximum Gasteiger partial charge on any atom is 0.312 e. The molecule has 0 fully saturated rings. The lowest BCUT2D eigenvalue weighted by Gasteiger charge is -2.03. The molecule has 1 amide bonds. The number of amides is 1. The van der Waals surface area contributed by atoms with Crippen molar-refractivity contribution in [2.75, 3.05) is 0 Å². The third-order valence-corrected chi connectivity index (χ3v) is 1.74. The Morgan fingerprint density at radius 1 is 1.20 bits per heavy atom. The smallest absolute Gasteiger partial charge is 0.312 e. The lowest BCUT2D eigenvalue weighted by atomic mass is 10.2. The topological polar surface area (TPSA) is 86.6 Å². The summed E-state index contributed by atoms with van der Waals surface area (Å²) in [6.07, 6.45) is -0.530. The van der Waals surface area contributed by atoms with Gasteiger partial charge in [0.15, 0.2) is 0 Å². The van der Waals surface area contributed by atoms with Crippen LogP contribution in [-0.2, 0) is 16.1 Å². The molecule has 0 aliphatic carbocycles. The summed E-state index contributed by atoms with van der Waals surface area (Å²) in [4.78, 5) is 21.1. The average Bonchev–Trinajstić information content (AvgIpc) is 2.16. The van der Waals surface area contributed by atoms with Crippen molar-refractivity contribution in [3.8, 4) is 5.75 Å². The van der Waals surface area contributed by atoms with Gasteiger partial charge in [-0.25, -0.2) is 0 Å². The number of benzene rings is 1. The van der Waals surface area contributed by atoms with Gasteiger partial charge in [-0.2, -0.15) is 0 Å². The summed E-state index contributed by atoms with van der Waals surface area (Å²) in [7, 11) is 0. The number of carboxylic acids is 1. The number of carboxylic acid groups (broad SMARTS) is 1. The zero-order valence-corrected chi connectivity index (χ0v) is 7.93. The SMILES string of the molecule is O=C(O)CC(=O)NCc1ccc(O)cc1. The van der Waals surface area contributed by atoms with Crippen LogP contribution in [0.15, 0.2) is 24.3 Å². The Kier molecular flexibility index (Phi) is 3.68. The van der Waals surface area contributed by atoms with Gasteiger partial charge in [0.25, 0.3) is 0 Å². The van der Waals surface area contributed by atoms with E-state index >= 15 is 0 Å². The van der Waals surface area contributed by atoms with Gasteiger partial charge in [-0.3, -0.25) is 9.59 Å². The average molecular weight is 209 g/mol. The van der Waals surface area contributed by atoms with Crippen molar-refractivity contribution >= 4 is 11.9 Å². The Labute approximate surface area is 86.4 Å². The maximum absolute atomic E-state index is 11.0. The molecule has 0 heterocycles. The number of carbonyl (C=O) groups excluding carboxylic acids is 1. The molecule has 0 saturated carbocycles. The van der Waals surface area contributed by atoms with Crippen LogP contribution in [0.4, 0.5) is 0 Å². The normalized spacial score (nSPS) is 9.60. The van der Waals surface area contributed by atoms with Crippen LogP contribution in [-0.4, -0.2) is 22.1 Å². The van der Waals surface area contributed by atoms with E-state index in [-0.39, 0.29) is 12.3 Å². The highest BCUT2D eigenvalue weighted by Gasteiger charge is 2.06. The first kappa shape index (κ1) is 11.0. The van der Waals surface area contributed by atoms with E-state index < -0.39 is 18.3 Å². The zero-order chi connectivity index (χ0) is 11.3. The van der Waals surface area contributed by atoms with Crippen molar-refractivity contribution in [3.63, 3.8) is 0 Å². The Hall–Kier alpha value is -2.04. The van der Waals surface area contributed by atoms with Crippen molar-refractivity contribution < 1.29 is 19.8 Å². The van der Waals surface area contributed by atoms with Gasteiger partial charge in [0.1, 0.15) is 12.2 Å². The predicted molar refractivity (Wildman–Crippen MR) is 52.2 cm³/mol. The van der Waals surface area contributed by atoms with Crippen molar-refractivity contribution in [1.29, 1.82) is 0 Å². The van der Waals surface area contributed by atoms with Gasteiger partial charge in [0, 0.05) is 6.54 Å². The largest absolute Gasteiger partial charge is 0.508 e. The lowest BCUT2D eigenvalue weighted by molar-refractivity contribution is -0.140. The molecule has 80 valence electrons. The Balaban J connectivity index is 2.40. The van der Waals surface area contributed by atoms with Crippen molar-refractivity contribution in [1.82, 2.24) is 5.32 Å². The highest BCUT2D eigenvalue weighted by atomic mass is 16.4. The van der Waals surface area contributed by atoms with E-state index in [1.54, 1.807) is 12.1 Å². The van der Waals surface area contributed by atoms with Crippen LogP contribution in [0.25, 0.3) is 0 Å². The summed E-state index contributed by atoms with van der Waals surface area (Å²) in [6, 6.07) is 6.30. The van der Waals surface area contributed by atoms with E-state index in [9.17, 15) is 9.59 Å². The fourth-order valence-corrected chi connectivity index (χ4v) is 1.01. The predicted octanol–water partition coefficient (Wildman–Crippen LogP) is 0.483. The van der Waals surface area contributed by atoms with Gasteiger partial charge < -0.3 is 15.5 Å². The molecule has 0 aliphatic heterocycles.